The first-order valence-electron chi connectivity index (χ1n) is 6.13. The van der Waals surface area contributed by atoms with Gasteiger partial charge in [-0.25, -0.2) is 4.98 Å². The molecule has 19 heavy (non-hydrogen) atoms. The lowest BCUT2D eigenvalue weighted by atomic mass is 10.1. The Bertz CT molecular complexity index is 678. The Labute approximate surface area is 110 Å². The lowest BCUT2D eigenvalue weighted by Gasteiger charge is -2.09. The summed E-state index contributed by atoms with van der Waals surface area (Å²) < 4.78 is 7.55. The second-order valence-electron chi connectivity index (χ2n) is 4.32. The second kappa shape index (κ2) is 5.02. The van der Waals surface area contributed by atoms with Crippen LogP contribution in [-0.4, -0.2) is 21.3 Å². The first-order valence-corrected chi connectivity index (χ1v) is 6.13. The highest BCUT2D eigenvalue weighted by atomic mass is 16.5. The first-order chi connectivity index (χ1) is 9.33. The maximum absolute atomic E-state index is 9.92. The molecule has 3 aromatic rings. The monoisotopic (exact) mass is 254 g/mol. The van der Waals surface area contributed by atoms with E-state index in [1.54, 1.807) is 18.6 Å². The van der Waals surface area contributed by atoms with Crippen LogP contribution in [0.1, 0.15) is 0 Å². The Hall–Kier alpha value is -2.49. The van der Waals surface area contributed by atoms with E-state index in [2.05, 4.69) is 4.98 Å². The summed E-state index contributed by atoms with van der Waals surface area (Å²) in [6, 6.07) is 11.5. The summed E-state index contributed by atoms with van der Waals surface area (Å²) in [6.07, 6.45) is 5.35. The minimum Gasteiger partial charge on any atom is -0.504 e. The molecule has 1 aromatic heterocycles. The molecule has 1 N–H and O–H groups in total. The minimum atomic E-state index is 0.171. The van der Waals surface area contributed by atoms with Crippen molar-refractivity contribution in [3.8, 4) is 11.5 Å². The third kappa shape index (κ3) is 2.52. The average molecular weight is 254 g/mol. The molecule has 0 bridgehead atoms. The summed E-state index contributed by atoms with van der Waals surface area (Å²) in [5, 5.41) is 12.0. The summed E-state index contributed by atoms with van der Waals surface area (Å²) in [6.45, 7) is 1.19. The van der Waals surface area contributed by atoms with E-state index >= 15 is 0 Å². The number of benzene rings is 2. The number of hydrogen-bond acceptors (Lipinski definition) is 3. The average Bonchev–Trinajstić information content (AvgIpc) is 2.92. The Kier molecular flexibility index (Phi) is 3.06. The molecule has 0 radical (unpaired) electrons. The fraction of sp³-hybridized carbons (Fsp3) is 0.133. The zero-order valence-electron chi connectivity index (χ0n) is 10.4. The standard InChI is InChI=1S/C15H14N2O2/c18-14-9-12-3-1-2-4-13(12)10-15(14)19-8-7-17-6-5-16-11-17/h1-6,9-11,18H,7-8H2. The zero-order chi connectivity index (χ0) is 13.1. The van der Waals surface area contributed by atoms with Crippen LogP contribution in [0.25, 0.3) is 10.8 Å². The lowest BCUT2D eigenvalue weighted by Crippen LogP contribution is -2.06. The van der Waals surface area contributed by atoms with Gasteiger partial charge in [-0.3, -0.25) is 0 Å². The Morgan fingerprint density at radius 3 is 2.68 bits per heavy atom. The van der Waals surface area contributed by atoms with E-state index in [-0.39, 0.29) is 5.75 Å². The number of aromatic hydroxyl groups is 1. The molecule has 4 nitrogen and oxygen atoms in total. The molecular weight excluding hydrogens is 240 g/mol. The molecule has 0 spiro atoms. The fourth-order valence-electron chi connectivity index (χ4n) is 2.00. The van der Waals surface area contributed by atoms with E-state index < -0.39 is 0 Å². The predicted octanol–water partition coefficient (Wildman–Crippen LogP) is 2.82. The molecule has 0 fully saturated rings. The maximum Gasteiger partial charge on any atom is 0.161 e. The van der Waals surface area contributed by atoms with Gasteiger partial charge in [-0.2, -0.15) is 0 Å². The summed E-state index contributed by atoms with van der Waals surface area (Å²) >= 11 is 0. The van der Waals surface area contributed by atoms with Gasteiger partial charge in [0.05, 0.1) is 12.9 Å². The number of nitrogens with zero attached hydrogens (tertiary/aromatic N) is 2. The molecule has 0 aliphatic heterocycles. The van der Waals surface area contributed by atoms with Gasteiger partial charge >= 0.3 is 0 Å². The van der Waals surface area contributed by atoms with Crippen molar-refractivity contribution in [2.45, 2.75) is 6.54 Å². The number of phenols is 1. The van der Waals surface area contributed by atoms with Gasteiger partial charge in [0.1, 0.15) is 6.61 Å². The summed E-state index contributed by atoms with van der Waals surface area (Å²) in [4.78, 5) is 3.96. The predicted molar refractivity (Wildman–Crippen MR) is 73.3 cm³/mol. The topological polar surface area (TPSA) is 47.3 Å². The van der Waals surface area contributed by atoms with Crippen molar-refractivity contribution >= 4 is 10.8 Å². The molecule has 0 aliphatic rings. The second-order valence-corrected chi connectivity index (χ2v) is 4.32. The number of phenolic OH excluding ortho intramolecular Hbond substituents is 1. The van der Waals surface area contributed by atoms with Gasteiger partial charge in [0, 0.05) is 12.4 Å². The van der Waals surface area contributed by atoms with E-state index in [9.17, 15) is 5.11 Å². The maximum atomic E-state index is 9.92. The molecule has 1 heterocycles. The highest BCUT2D eigenvalue weighted by Gasteiger charge is 2.04. The molecule has 0 aliphatic carbocycles. The van der Waals surface area contributed by atoms with Gasteiger partial charge in [-0.05, 0) is 22.9 Å². The molecule has 0 saturated carbocycles. The number of hydrogen-bond donors (Lipinski definition) is 1. The molecular formula is C15H14N2O2. The minimum absolute atomic E-state index is 0.171. The van der Waals surface area contributed by atoms with Gasteiger partial charge in [0.2, 0.25) is 0 Å². The zero-order valence-corrected chi connectivity index (χ0v) is 10.4. The van der Waals surface area contributed by atoms with Gasteiger partial charge in [-0.15, -0.1) is 0 Å². The Morgan fingerprint density at radius 2 is 1.95 bits per heavy atom. The molecule has 0 amide bonds. The van der Waals surface area contributed by atoms with Crippen molar-refractivity contribution < 1.29 is 9.84 Å². The third-order valence-electron chi connectivity index (χ3n) is 2.99. The highest BCUT2D eigenvalue weighted by molar-refractivity contribution is 5.85. The van der Waals surface area contributed by atoms with Crippen molar-refractivity contribution in [1.82, 2.24) is 9.55 Å². The molecule has 0 saturated heterocycles. The van der Waals surface area contributed by atoms with E-state index in [1.807, 2.05) is 41.1 Å². The van der Waals surface area contributed by atoms with Crippen LogP contribution in [0.4, 0.5) is 0 Å². The van der Waals surface area contributed by atoms with Crippen LogP contribution >= 0.6 is 0 Å². The van der Waals surface area contributed by atoms with E-state index in [4.69, 9.17) is 4.74 Å². The van der Waals surface area contributed by atoms with E-state index in [0.717, 1.165) is 10.8 Å². The van der Waals surface area contributed by atoms with E-state index in [0.29, 0.717) is 18.9 Å². The van der Waals surface area contributed by atoms with Crippen LogP contribution in [0.3, 0.4) is 0 Å². The van der Waals surface area contributed by atoms with Crippen molar-refractivity contribution in [2.75, 3.05) is 6.61 Å². The molecule has 0 unspecified atom stereocenters. The fourth-order valence-corrected chi connectivity index (χ4v) is 2.00. The molecule has 96 valence electrons. The highest BCUT2D eigenvalue weighted by Crippen LogP contribution is 2.31. The van der Waals surface area contributed by atoms with Crippen LogP contribution in [0.15, 0.2) is 55.1 Å². The van der Waals surface area contributed by atoms with Crippen molar-refractivity contribution in [2.24, 2.45) is 0 Å². The summed E-state index contributed by atoms with van der Waals surface area (Å²) in [5.41, 5.74) is 0. The first kappa shape index (κ1) is 11.6. The van der Waals surface area contributed by atoms with Crippen LogP contribution in [0.5, 0.6) is 11.5 Å². The van der Waals surface area contributed by atoms with Crippen molar-refractivity contribution in [3.05, 3.63) is 55.1 Å². The van der Waals surface area contributed by atoms with Gasteiger partial charge in [-0.1, -0.05) is 24.3 Å². The molecule has 2 aromatic carbocycles. The van der Waals surface area contributed by atoms with Crippen LogP contribution in [0.2, 0.25) is 0 Å². The Morgan fingerprint density at radius 1 is 1.16 bits per heavy atom. The molecule has 3 rings (SSSR count). The van der Waals surface area contributed by atoms with Gasteiger partial charge in [0.25, 0.3) is 0 Å². The number of rotatable bonds is 4. The molecule has 0 atom stereocenters. The Balaban J connectivity index is 1.75. The lowest BCUT2D eigenvalue weighted by molar-refractivity contribution is 0.284. The van der Waals surface area contributed by atoms with Crippen LogP contribution < -0.4 is 4.74 Å². The quantitative estimate of drug-likeness (QED) is 0.778. The van der Waals surface area contributed by atoms with Gasteiger partial charge in [0.15, 0.2) is 11.5 Å². The summed E-state index contributed by atoms with van der Waals surface area (Å²) in [7, 11) is 0. The summed E-state index contributed by atoms with van der Waals surface area (Å²) in [5.74, 6) is 0.683. The number of fused-ring (bicyclic) bond motifs is 1. The largest absolute Gasteiger partial charge is 0.504 e. The third-order valence-corrected chi connectivity index (χ3v) is 2.99. The number of ether oxygens (including phenoxy) is 1. The molecule has 4 heteroatoms. The van der Waals surface area contributed by atoms with Crippen LogP contribution in [0, 0.1) is 0 Å². The smallest absolute Gasteiger partial charge is 0.161 e. The van der Waals surface area contributed by atoms with Crippen molar-refractivity contribution in [3.63, 3.8) is 0 Å². The number of aromatic nitrogens is 2. The van der Waals surface area contributed by atoms with E-state index in [1.165, 1.54) is 0 Å². The number of imidazole rings is 1. The van der Waals surface area contributed by atoms with Crippen molar-refractivity contribution in [1.29, 1.82) is 0 Å². The normalized spacial score (nSPS) is 10.7. The SMILES string of the molecule is Oc1cc2ccccc2cc1OCCn1ccnc1. The van der Waals surface area contributed by atoms with Gasteiger partial charge < -0.3 is 14.4 Å². The van der Waals surface area contributed by atoms with Crippen LogP contribution in [-0.2, 0) is 6.54 Å².